The molecule has 0 aliphatic carbocycles. The van der Waals surface area contributed by atoms with Crippen molar-refractivity contribution in [2.75, 3.05) is 5.75 Å². The molecule has 2 aromatic carbocycles. The number of fused-ring (bicyclic) bond motifs is 1. The maximum Gasteiger partial charge on any atom is 0.271 e. The number of hydrazine groups is 1. The van der Waals surface area contributed by atoms with Crippen LogP contribution >= 0.6 is 23.4 Å². The first kappa shape index (κ1) is 17.3. The van der Waals surface area contributed by atoms with Crippen molar-refractivity contribution in [2.45, 2.75) is 4.90 Å². The normalized spacial score (nSPS) is 10.4. The standard InChI is InChI=1S/C18H14ClN3O2S/c19-14-7-1-4-12-5-2-8-15(17(12)14)25-11-16(23)21-22-18(24)13-6-3-9-20-10-13/h1-10H,11H2,(H,21,23)(H,22,24). The van der Waals surface area contributed by atoms with E-state index in [2.05, 4.69) is 15.8 Å². The van der Waals surface area contributed by atoms with Crippen LogP contribution in [-0.2, 0) is 4.79 Å². The number of thioether (sulfide) groups is 1. The fourth-order valence-electron chi connectivity index (χ4n) is 2.26. The van der Waals surface area contributed by atoms with Gasteiger partial charge in [0.1, 0.15) is 0 Å². The first-order valence-electron chi connectivity index (χ1n) is 7.44. The molecule has 5 nitrogen and oxygen atoms in total. The smallest absolute Gasteiger partial charge is 0.271 e. The van der Waals surface area contributed by atoms with Crippen LogP contribution in [0.15, 0.2) is 65.8 Å². The van der Waals surface area contributed by atoms with E-state index in [4.69, 9.17) is 11.6 Å². The van der Waals surface area contributed by atoms with Gasteiger partial charge in [-0.2, -0.15) is 0 Å². The average Bonchev–Trinajstić information content (AvgIpc) is 2.65. The largest absolute Gasteiger partial charge is 0.272 e. The highest BCUT2D eigenvalue weighted by molar-refractivity contribution is 8.00. The highest BCUT2D eigenvalue weighted by Gasteiger charge is 2.10. The molecule has 0 aliphatic heterocycles. The lowest BCUT2D eigenvalue weighted by molar-refractivity contribution is -0.119. The maximum atomic E-state index is 12.0. The Balaban J connectivity index is 1.59. The molecule has 0 radical (unpaired) electrons. The summed E-state index contributed by atoms with van der Waals surface area (Å²) < 4.78 is 0. The van der Waals surface area contributed by atoms with Crippen LogP contribution in [0, 0.1) is 0 Å². The molecule has 0 fully saturated rings. The topological polar surface area (TPSA) is 71.1 Å². The summed E-state index contributed by atoms with van der Waals surface area (Å²) in [5.41, 5.74) is 5.13. The average molecular weight is 372 g/mol. The summed E-state index contributed by atoms with van der Waals surface area (Å²) in [4.78, 5) is 28.6. The molecular weight excluding hydrogens is 358 g/mol. The highest BCUT2D eigenvalue weighted by atomic mass is 35.5. The predicted octanol–water partition coefficient (Wildman–Crippen LogP) is 3.44. The number of pyridine rings is 1. The van der Waals surface area contributed by atoms with Crippen molar-refractivity contribution in [3.05, 3.63) is 71.5 Å². The molecule has 126 valence electrons. The van der Waals surface area contributed by atoms with Crippen molar-refractivity contribution in [3.8, 4) is 0 Å². The Hall–Kier alpha value is -2.57. The molecule has 0 bridgehead atoms. The number of amides is 2. The zero-order valence-electron chi connectivity index (χ0n) is 13.0. The third-order valence-corrected chi connectivity index (χ3v) is 4.79. The number of benzene rings is 2. The van der Waals surface area contributed by atoms with Gasteiger partial charge in [-0.05, 0) is 29.7 Å². The fourth-order valence-corrected chi connectivity index (χ4v) is 3.50. The third-order valence-electron chi connectivity index (χ3n) is 3.41. The van der Waals surface area contributed by atoms with E-state index in [9.17, 15) is 9.59 Å². The minimum atomic E-state index is -0.417. The third kappa shape index (κ3) is 4.29. The molecule has 7 heteroatoms. The maximum absolute atomic E-state index is 12.0. The molecule has 0 aliphatic rings. The van der Waals surface area contributed by atoms with Crippen LogP contribution in [0.1, 0.15) is 10.4 Å². The molecule has 2 N–H and O–H groups in total. The number of hydrogen-bond acceptors (Lipinski definition) is 4. The van der Waals surface area contributed by atoms with E-state index >= 15 is 0 Å². The van der Waals surface area contributed by atoms with Crippen molar-refractivity contribution in [1.82, 2.24) is 15.8 Å². The lowest BCUT2D eigenvalue weighted by atomic mass is 10.1. The summed E-state index contributed by atoms with van der Waals surface area (Å²) in [5.74, 6) is -0.580. The minimum Gasteiger partial charge on any atom is -0.272 e. The molecule has 1 heterocycles. The molecule has 0 saturated heterocycles. The zero-order valence-corrected chi connectivity index (χ0v) is 14.6. The number of halogens is 1. The quantitative estimate of drug-likeness (QED) is 0.544. The predicted molar refractivity (Wildman–Crippen MR) is 99.5 cm³/mol. The molecule has 0 unspecified atom stereocenters. The van der Waals surface area contributed by atoms with Gasteiger partial charge < -0.3 is 0 Å². The number of aromatic nitrogens is 1. The van der Waals surface area contributed by atoms with E-state index in [1.807, 2.05) is 36.4 Å². The van der Waals surface area contributed by atoms with Gasteiger partial charge in [-0.25, -0.2) is 0 Å². The van der Waals surface area contributed by atoms with Crippen molar-refractivity contribution < 1.29 is 9.59 Å². The summed E-state index contributed by atoms with van der Waals surface area (Å²) in [6.45, 7) is 0. The van der Waals surface area contributed by atoms with Gasteiger partial charge in [0.25, 0.3) is 5.91 Å². The SMILES string of the molecule is O=C(CSc1cccc2cccc(Cl)c12)NNC(=O)c1cccnc1. The van der Waals surface area contributed by atoms with E-state index in [1.165, 1.54) is 18.0 Å². The summed E-state index contributed by atoms with van der Waals surface area (Å²) >= 11 is 7.63. The second kappa shape index (κ2) is 8.00. The van der Waals surface area contributed by atoms with Crippen LogP contribution in [0.2, 0.25) is 5.02 Å². The van der Waals surface area contributed by atoms with E-state index in [1.54, 1.807) is 18.3 Å². The lowest BCUT2D eigenvalue weighted by Gasteiger charge is -2.09. The van der Waals surface area contributed by atoms with Gasteiger partial charge in [0.05, 0.1) is 11.3 Å². The van der Waals surface area contributed by atoms with Crippen LogP contribution in [0.25, 0.3) is 10.8 Å². The fraction of sp³-hybridized carbons (Fsp3) is 0.0556. The number of nitrogens with zero attached hydrogens (tertiary/aromatic N) is 1. The Labute approximate surface area is 153 Å². The Kier molecular flexibility index (Phi) is 5.53. The molecule has 0 atom stereocenters. The second-order valence-corrected chi connectivity index (χ2v) is 6.55. The number of rotatable bonds is 4. The summed E-state index contributed by atoms with van der Waals surface area (Å²) in [6.07, 6.45) is 3.00. The van der Waals surface area contributed by atoms with Crippen LogP contribution in [0.4, 0.5) is 0 Å². The minimum absolute atomic E-state index is 0.150. The first-order valence-corrected chi connectivity index (χ1v) is 8.81. The molecular formula is C18H14ClN3O2S. The van der Waals surface area contributed by atoms with Gasteiger partial charge in [-0.15, -0.1) is 11.8 Å². The molecule has 2 amide bonds. The molecule has 25 heavy (non-hydrogen) atoms. The first-order chi connectivity index (χ1) is 12.1. The Morgan fingerprint density at radius 2 is 1.84 bits per heavy atom. The highest BCUT2D eigenvalue weighted by Crippen LogP contribution is 2.32. The zero-order chi connectivity index (χ0) is 17.6. The summed E-state index contributed by atoms with van der Waals surface area (Å²) in [7, 11) is 0. The van der Waals surface area contributed by atoms with Gasteiger partial charge in [0, 0.05) is 27.7 Å². The molecule has 3 aromatic rings. The van der Waals surface area contributed by atoms with Crippen LogP contribution in [-0.4, -0.2) is 22.6 Å². The van der Waals surface area contributed by atoms with Crippen molar-refractivity contribution >= 4 is 45.9 Å². The van der Waals surface area contributed by atoms with Crippen LogP contribution < -0.4 is 10.9 Å². The monoisotopic (exact) mass is 371 g/mol. The van der Waals surface area contributed by atoms with Crippen molar-refractivity contribution in [1.29, 1.82) is 0 Å². The number of carbonyl (C=O) groups is 2. The summed E-state index contributed by atoms with van der Waals surface area (Å²) in [6, 6.07) is 14.8. The van der Waals surface area contributed by atoms with Gasteiger partial charge in [-0.1, -0.05) is 35.9 Å². The van der Waals surface area contributed by atoms with Gasteiger partial charge >= 0.3 is 0 Å². The van der Waals surface area contributed by atoms with Crippen LogP contribution in [0.5, 0.6) is 0 Å². The number of carbonyl (C=O) groups excluding carboxylic acids is 2. The number of hydrogen-bond donors (Lipinski definition) is 2. The van der Waals surface area contributed by atoms with Gasteiger partial charge in [0.2, 0.25) is 5.91 Å². The van der Waals surface area contributed by atoms with Crippen molar-refractivity contribution in [3.63, 3.8) is 0 Å². The Morgan fingerprint density at radius 1 is 1.04 bits per heavy atom. The second-order valence-electron chi connectivity index (χ2n) is 5.13. The molecule has 0 saturated carbocycles. The summed E-state index contributed by atoms with van der Waals surface area (Å²) in [5, 5.41) is 2.58. The van der Waals surface area contributed by atoms with E-state index < -0.39 is 5.91 Å². The Bertz CT molecular complexity index is 913. The Morgan fingerprint density at radius 3 is 2.60 bits per heavy atom. The van der Waals surface area contributed by atoms with Crippen molar-refractivity contribution in [2.24, 2.45) is 0 Å². The lowest BCUT2D eigenvalue weighted by Crippen LogP contribution is -2.42. The van der Waals surface area contributed by atoms with E-state index in [-0.39, 0.29) is 11.7 Å². The molecule has 1 aromatic heterocycles. The van der Waals surface area contributed by atoms with Gasteiger partial charge in [0.15, 0.2) is 0 Å². The van der Waals surface area contributed by atoms with Crippen LogP contribution in [0.3, 0.4) is 0 Å². The number of nitrogens with one attached hydrogen (secondary N) is 2. The molecule has 0 spiro atoms. The van der Waals surface area contributed by atoms with E-state index in [0.717, 1.165) is 15.7 Å². The van der Waals surface area contributed by atoms with E-state index in [0.29, 0.717) is 10.6 Å². The van der Waals surface area contributed by atoms with Gasteiger partial charge in [-0.3, -0.25) is 25.4 Å². The molecule has 3 rings (SSSR count).